The molecule has 0 aromatic carbocycles. The van der Waals surface area contributed by atoms with Crippen LogP contribution in [-0.2, 0) is 9.59 Å². The molecule has 16 heavy (non-hydrogen) atoms. The molecule has 92 valence electrons. The Labute approximate surface area is 98.2 Å². The highest BCUT2D eigenvalue weighted by atomic mass is 16.2. The monoisotopic (exact) mass is 225 g/mol. The number of rotatable bonds is 4. The second kappa shape index (κ2) is 4.98. The van der Waals surface area contributed by atoms with Crippen molar-refractivity contribution < 1.29 is 9.59 Å². The van der Waals surface area contributed by atoms with Crippen LogP contribution < -0.4 is 0 Å². The molecule has 1 aliphatic rings. The summed E-state index contributed by atoms with van der Waals surface area (Å²) in [6.45, 7) is 8.60. The summed E-state index contributed by atoms with van der Waals surface area (Å²) >= 11 is 0. The fourth-order valence-electron chi connectivity index (χ4n) is 2.45. The summed E-state index contributed by atoms with van der Waals surface area (Å²) in [7, 11) is 0. The van der Waals surface area contributed by atoms with Gasteiger partial charge in [-0.1, -0.05) is 20.8 Å². The zero-order valence-corrected chi connectivity index (χ0v) is 10.9. The standard InChI is InChI=1S/C13H23NO2/c1-5-7-12(16)11-8-13(4,6-2)9-14(11)10(3)15/h11H,5-9H2,1-4H3/t11-,13-/m0/s1. The maximum absolute atomic E-state index is 12.0. The van der Waals surface area contributed by atoms with Crippen LogP contribution in [0.3, 0.4) is 0 Å². The molecule has 1 saturated heterocycles. The molecule has 0 N–H and O–H groups in total. The summed E-state index contributed by atoms with van der Waals surface area (Å²) < 4.78 is 0. The minimum atomic E-state index is -0.164. The van der Waals surface area contributed by atoms with E-state index >= 15 is 0 Å². The van der Waals surface area contributed by atoms with Crippen molar-refractivity contribution in [2.45, 2.75) is 59.4 Å². The van der Waals surface area contributed by atoms with E-state index in [1.54, 1.807) is 11.8 Å². The molecule has 0 unspecified atom stereocenters. The minimum absolute atomic E-state index is 0.0339. The Morgan fingerprint density at radius 3 is 2.44 bits per heavy atom. The number of likely N-dealkylation sites (tertiary alicyclic amines) is 1. The van der Waals surface area contributed by atoms with Gasteiger partial charge in [0.25, 0.3) is 0 Å². The van der Waals surface area contributed by atoms with E-state index in [0.717, 1.165) is 25.8 Å². The number of carbonyl (C=O) groups excluding carboxylic acids is 2. The number of hydrogen-bond acceptors (Lipinski definition) is 2. The number of carbonyl (C=O) groups is 2. The summed E-state index contributed by atoms with van der Waals surface area (Å²) in [5.74, 6) is 0.265. The molecule has 0 bridgehead atoms. The van der Waals surface area contributed by atoms with Crippen molar-refractivity contribution in [3.05, 3.63) is 0 Å². The van der Waals surface area contributed by atoms with Crippen LogP contribution in [-0.4, -0.2) is 29.2 Å². The highest BCUT2D eigenvalue weighted by molar-refractivity contribution is 5.89. The second-order valence-corrected chi connectivity index (χ2v) is 5.25. The number of hydrogen-bond donors (Lipinski definition) is 0. The lowest BCUT2D eigenvalue weighted by atomic mass is 9.84. The molecule has 1 rings (SSSR count). The topological polar surface area (TPSA) is 37.4 Å². The van der Waals surface area contributed by atoms with E-state index in [9.17, 15) is 9.59 Å². The third-order valence-corrected chi connectivity index (χ3v) is 3.74. The summed E-state index contributed by atoms with van der Waals surface area (Å²) in [5, 5.41) is 0. The predicted molar refractivity (Wildman–Crippen MR) is 64.1 cm³/mol. The predicted octanol–water partition coefficient (Wildman–Crippen LogP) is 2.39. The lowest BCUT2D eigenvalue weighted by molar-refractivity contribution is -0.136. The highest BCUT2D eigenvalue weighted by Crippen LogP contribution is 2.38. The Morgan fingerprint density at radius 2 is 2.00 bits per heavy atom. The Morgan fingerprint density at radius 1 is 1.38 bits per heavy atom. The molecule has 1 aliphatic heterocycles. The largest absolute Gasteiger partial charge is 0.332 e. The van der Waals surface area contributed by atoms with Crippen LogP contribution in [0.5, 0.6) is 0 Å². The first kappa shape index (κ1) is 13.2. The molecule has 0 aliphatic carbocycles. The van der Waals surface area contributed by atoms with E-state index in [1.807, 2.05) is 6.92 Å². The van der Waals surface area contributed by atoms with Gasteiger partial charge in [-0.3, -0.25) is 9.59 Å². The van der Waals surface area contributed by atoms with Crippen LogP contribution in [0.1, 0.15) is 53.4 Å². The molecule has 0 radical (unpaired) electrons. The van der Waals surface area contributed by atoms with Gasteiger partial charge < -0.3 is 4.90 Å². The number of nitrogens with zero attached hydrogens (tertiary/aromatic N) is 1. The molecule has 0 aromatic heterocycles. The van der Waals surface area contributed by atoms with Crippen molar-refractivity contribution >= 4 is 11.7 Å². The maximum atomic E-state index is 12.0. The molecular formula is C13H23NO2. The quantitative estimate of drug-likeness (QED) is 0.736. The first-order valence-corrected chi connectivity index (χ1v) is 6.23. The van der Waals surface area contributed by atoms with Gasteiger partial charge >= 0.3 is 0 Å². The van der Waals surface area contributed by atoms with Gasteiger partial charge in [-0.2, -0.15) is 0 Å². The number of Topliss-reactive ketones (excluding diaryl/α,β-unsaturated/α-hetero) is 1. The molecule has 1 heterocycles. The Kier molecular flexibility index (Phi) is 4.11. The SMILES string of the molecule is CCCC(=O)[C@@H]1C[C@](C)(CC)CN1C(C)=O. The lowest BCUT2D eigenvalue weighted by Gasteiger charge is -2.22. The summed E-state index contributed by atoms with van der Waals surface area (Å²) in [6, 6.07) is -0.164. The van der Waals surface area contributed by atoms with Gasteiger partial charge in [0.1, 0.15) is 0 Å². The van der Waals surface area contributed by atoms with E-state index in [-0.39, 0.29) is 23.1 Å². The summed E-state index contributed by atoms with van der Waals surface area (Å²) in [5.41, 5.74) is 0.125. The second-order valence-electron chi connectivity index (χ2n) is 5.25. The fraction of sp³-hybridized carbons (Fsp3) is 0.846. The van der Waals surface area contributed by atoms with Crippen LogP contribution >= 0.6 is 0 Å². The van der Waals surface area contributed by atoms with E-state index in [0.29, 0.717) is 6.42 Å². The van der Waals surface area contributed by atoms with Crippen LogP contribution in [0.25, 0.3) is 0 Å². The molecule has 0 saturated carbocycles. The van der Waals surface area contributed by atoms with Crippen LogP contribution in [0, 0.1) is 5.41 Å². The van der Waals surface area contributed by atoms with Gasteiger partial charge in [0, 0.05) is 19.9 Å². The normalized spacial score (nSPS) is 29.5. The first-order valence-electron chi connectivity index (χ1n) is 6.23. The smallest absolute Gasteiger partial charge is 0.220 e. The lowest BCUT2D eigenvalue weighted by Crippen LogP contribution is -2.39. The Balaban J connectivity index is 2.81. The van der Waals surface area contributed by atoms with Gasteiger partial charge in [0.2, 0.25) is 5.91 Å². The molecule has 2 atom stereocenters. The number of ketones is 1. The van der Waals surface area contributed by atoms with Gasteiger partial charge in [0.05, 0.1) is 6.04 Å². The van der Waals surface area contributed by atoms with E-state index in [2.05, 4.69) is 13.8 Å². The van der Waals surface area contributed by atoms with Crippen molar-refractivity contribution in [1.29, 1.82) is 0 Å². The summed E-state index contributed by atoms with van der Waals surface area (Å²) in [6.07, 6.45) is 3.31. The van der Waals surface area contributed by atoms with Crippen LogP contribution in [0.2, 0.25) is 0 Å². The van der Waals surface area contributed by atoms with Gasteiger partial charge in [-0.05, 0) is 24.7 Å². The molecule has 1 amide bonds. The highest BCUT2D eigenvalue weighted by Gasteiger charge is 2.43. The van der Waals surface area contributed by atoms with Crippen LogP contribution in [0.4, 0.5) is 0 Å². The van der Waals surface area contributed by atoms with E-state index in [1.165, 1.54) is 0 Å². The minimum Gasteiger partial charge on any atom is -0.332 e. The third-order valence-electron chi connectivity index (χ3n) is 3.74. The Hall–Kier alpha value is -0.860. The van der Waals surface area contributed by atoms with Gasteiger partial charge in [0.15, 0.2) is 5.78 Å². The molecule has 0 spiro atoms. The van der Waals surface area contributed by atoms with Gasteiger partial charge in [-0.15, -0.1) is 0 Å². The molecule has 1 fully saturated rings. The van der Waals surface area contributed by atoms with E-state index < -0.39 is 0 Å². The van der Waals surface area contributed by atoms with Crippen molar-refractivity contribution in [2.24, 2.45) is 5.41 Å². The number of amides is 1. The Bertz CT molecular complexity index is 288. The van der Waals surface area contributed by atoms with Gasteiger partial charge in [-0.25, -0.2) is 0 Å². The molecule has 3 heteroatoms. The van der Waals surface area contributed by atoms with Crippen molar-refractivity contribution in [1.82, 2.24) is 4.90 Å². The average molecular weight is 225 g/mol. The molecule has 0 aromatic rings. The van der Waals surface area contributed by atoms with Crippen molar-refractivity contribution in [2.75, 3.05) is 6.54 Å². The van der Waals surface area contributed by atoms with Crippen molar-refractivity contribution in [3.8, 4) is 0 Å². The maximum Gasteiger partial charge on any atom is 0.220 e. The van der Waals surface area contributed by atoms with Crippen LogP contribution in [0.15, 0.2) is 0 Å². The average Bonchev–Trinajstić information content (AvgIpc) is 2.58. The zero-order valence-electron chi connectivity index (χ0n) is 10.9. The van der Waals surface area contributed by atoms with Crippen molar-refractivity contribution in [3.63, 3.8) is 0 Å². The first-order chi connectivity index (χ1) is 7.43. The molecular weight excluding hydrogens is 202 g/mol. The van der Waals surface area contributed by atoms with E-state index in [4.69, 9.17) is 0 Å². The fourth-order valence-corrected chi connectivity index (χ4v) is 2.45. The molecule has 3 nitrogen and oxygen atoms in total. The zero-order chi connectivity index (χ0) is 12.3. The summed E-state index contributed by atoms with van der Waals surface area (Å²) in [4.78, 5) is 25.3. The third kappa shape index (κ3) is 2.63.